The highest BCUT2D eigenvalue weighted by Crippen LogP contribution is 2.39. The van der Waals surface area contributed by atoms with Crippen LogP contribution in [0.2, 0.25) is 0 Å². The van der Waals surface area contributed by atoms with Gasteiger partial charge in [-0.1, -0.05) is 34.1 Å². The van der Waals surface area contributed by atoms with Crippen LogP contribution in [0.4, 0.5) is 0 Å². The first kappa shape index (κ1) is 17.8. The first-order valence-corrected chi connectivity index (χ1v) is 8.75. The molecule has 0 saturated heterocycles. The van der Waals surface area contributed by atoms with Crippen LogP contribution in [0.25, 0.3) is 0 Å². The number of hydrogen-bond donors (Lipinski definition) is 1. The molecule has 1 rings (SSSR count). The van der Waals surface area contributed by atoms with Gasteiger partial charge in [-0.25, -0.2) is 0 Å². The van der Waals surface area contributed by atoms with Crippen molar-refractivity contribution in [3.8, 4) is 0 Å². The molecule has 0 heterocycles. The SMILES string of the molecule is CCC(CCCl)CNC(=O)C1CCC(C(C)(C)C)CC1. The van der Waals surface area contributed by atoms with Gasteiger partial charge in [-0.15, -0.1) is 11.6 Å². The van der Waals surface area contributed by atoms with Crippen molar-refractivity contribution in [1.29, 1.82) is 0 Å². The van der Waals surface area contributed by atoms with Gasteiger partial charge in [0.15, 0.2) is 0 Å². The van der Waals surface area contributed by atoms with Crippen LogP contribution in [0.3, 0.4) is 0 Å². The van der Waals surface area contributed by atoms with Gasteiger partial charge in [0.25, 0.3) is 0 Å². The van der Waals surface area contributed by atoms with E-state index in [4.69, 9.17) is 11.6 Å². The molecule has 0 aliphatic heterocycles. The van der Waals surface area contributed by atoms with Crippen LogP contribution in [-0.2, 0) is 4.79 Å². The van der Waals surface area contributed by atoms with Gasteiger partial charge in [0.2, 0.25) is 5.91 Å². The van der Waals surface area contributed by atoms with Crippen molar-refractivity contribution in [2.24, 2.45) is 23.2 Å². The quantitative estimate of drug-likeness (QED) is 0.713. The molecule has 1 N–H and O–H groups in total. The van der Waals surface area contributed by atoms with E-state index in [0.29, 0.717) is 17.2 Å². The lowest BCUT2D eigenvalue weighted by Crippen LogP contribution is -2.37. The Balaban J connectivity index is 2.32. The number of amides is 1. The second kappa shape index (κ2) is 8.26. The first-order valence-electron chi connectivity index (χ1n) is 8.22. The third-order valence-electron chi connectivity index (χ3n) is 4.98. The molecule has 1 fully saturated rings. The number of carbonyl (C=O) groups excluding carboxylic acids is 1. The molecule has 0 aromatic rings. The molecular formula is C17H32ClNO. The summed E-state index contributed by atoms with van der Waals surface area (Å²) in [7, 11) is 0. The summed E-state index contributed by atoms with van der Waals surface area (Å²) >= 11 is 5.79. The lowest BCUT2D eigenvalue weighted by Gasteiger charge is -2.36. The molecule has 20 heavy (non-hydrogen) atoms. The summed E-state index contributed by atoms with van der Waals surface area (Å²) < 4.78 is 0. The smallest absolute Gasteiger partial charge is 0.223 e. The van der Waals surface area contributed by atoms with Gasteiger partial charge in [-0.3, -0.25) is 4.79 Å². The van der Waals surface area contributed by atoms with E-state index < -0.39 is 0 Å². The molecular weight excluding hydrogens is 270 g/mol. The van der Waals surface area contributed by atoms with Crippen molar-refractivity contribution in [2.45, 2.75) is 66.2 Å². The normalized spacial score (nSPS) is 25.2. The molecule has 0 spiro atoms. The van der Waals surface area contributed by atoms with E-state index in [0.717, 1.165) is 38.1 Å². The topological polar surface area (TPSA) is 29.1 Å². The van der Waals surface area contributed by atoms with Gasteiger partial charge >= 0.3 is 0 Å². The van der Waals surface area contributed by atoms with Gasteiger partial charge in [0, 0.05) is 18.3 Å². The Morgan fingerprint density at radius 2 is 1.85 bits per heavy atom. The lowest BCUT2D eigenvalue weighted by atomic mass is 9.69. The molecule has 0 aromatic carbocycles. The largest absolute Gasteiger partial charge is 0.356 e. The summed E-state index contributed by atoms with van der Waals surface area (Å²) in [4.78, 5) is 12.2. The fraction of sp³-hybridized carbons (Fsp3) is 0.941. The molecule has 1 unspecified atom stereocenters. The number of carbonyl (C=O) groups is 1. The maximum absolute atomic E-state index is 12.2. The molecule has 118 valence electrons. The molecule has 1 amide bonds. The average molecular weight is 302 g/mol. The Kier molecular flexibility index (Phi) is 7.36. The fourth-order valence-electron chi connectivity index (χ4n) is 3.22. The van der Waals surface area contributed by atoms with Gasteiger partial charge in [-0.05, 0) is 49.4 Å². The molecule has 1 aliphatic carbocycles. The van der Waals surface area contributed by atoms with Crippen LogP contribution in [0.15, 0.2) is 0 Å². The molecule has 2 nitrogen and oxygen atoms in total. The van der Waals surface area contributed by atoms with E-state index in [2.05, 4.69) is 33.0 Å². The summed E-state index contributed by atoms with van der Waals surface area (Å²) in [6, 6.07) is 0. The van der Waals surface area contributed by atoms with Gasteiger partial charge in [-0.2, -0.15) is 0 Å². The molecule has 0 radical (unpaired) electrons. The monoisotopic (exact) mass is 301 g/mol. The van der Waals surface area contributed by atoms with Crippen molar-refractivity contribution < 1.29 is 4.79 Å². The number of nitrogens with one attached hydrogen (secondary N) is 1. The van der Waals surface area contributed by atoms with E-state index in [1.807, 2.05) is 0 Å². The Morgan fingerprint density at radius 1 is 1.25 bits per heavy atom. The van der Waals surface area contributed by atoms with Gasteiger partial charge in [0.1, 0.15) is 0 Å². The maximum Gasteiger partial charge on any atom is 0.223 e. The Hall–Kier alpha value is -0.240. The highest BCUT2D eigenvalue weighted by Gasteiger charge is 2.32. The average Bonchev–Trinajstić information content (AvgIpc) is 2.42. The number of alkyl halides is 1. The van der Waals surface area contributed by atoms with Crippen molar-refractivity contribution in [3.05, 3.63) is 0 Å². The first-order chi connectivity index (χ1) is 9.38. The second-order valence-electron chi connectivity index (χ2n) is 7.41. The van der Waals surface area contributed by atoms with Gasteiger partial charge in [0.05, 0.1) is 0 Å². The Labute approximate surface area is 130 Å². The van der Waals surface area contributed by atoms with E-state index >= 15 is 0 Å². The minimum absolute atomic E-state index is 0.238. The predicted molar refractivity (Wildman–Crippen MR) is 87.0 cm³/mol. The number of halogens is 1. The third-order valence-corrected chi connectivity index (χ3v) is 5.20. The zero-order valence-electron chi connectivity index (χ0n) is 13.7. The maximum atomic E-state index is 12.2. The Morgan fingerprint density at radius 3 is 2.30 bits per heavy atom. The fourth-order valence-corrected chi connectivity index (χ4v) is 3.52. The molecule has 1 atom stereocenters. The van der Waals surface area contributed by atoms with Crippen LogP contribution in [0.1, 0.15) is 66.2 Å². The standard InChI is InChI=1S/C17H32ClNO/c1-5-13(10-11-18)12-19-16(20)14-6-8-15(9-7-14)17(2,3)4/h13-15H,5-12H2,1-4H3,(H,19,20). The molecule has 3 heteroatoms. The van der Waals surface area contributed by atoms with Gasteiger partial charge < -0.3 is 5.32 Å². The van der Waals surface area contributed by atoms with Crippen molar-refractivity contribution >= 4 is 17.5 Å². The van der Waals surface area contributed by atoms with Crippen molar-refractivity contribution in [1.82, 2.24) is 5.32 Å². The van der Waals surface area contributed by atoms with Crippen molar-refractivity contribution in [2.75, 3.05) is 12.4 Å². The van der Waals surface area contributed by atoms with Crippen LogP contribution in [0.5, 0.6) is 0 Å². The van der Waals surface area contributed by atoms with Crippen LogP contribution >= 0.6 is 11.6 Å². The van der Waals surface area contributed by atoms with E-state index in [-0.39, 0.29) is 11.8 Å². The minimum atomic E-state index is 0.238. The van der Waals surface area contributed by atoms with Crippen LogP contribution in [0, 0.1) is 23.2 Å². The summed E-state index contributed by atoms with van der Waals surface area (Å²) in [6.07, 6.45) is 6.58. The van der Waals surface area contributed by atoms with E-state index in [1.54, 1.807) is 0 Å². The molecule has 0 bridgehead atoms. The van der Waals surface area contributed by atoms with E-state index in [1.165, 1.54) is 12.8 Å². The zero-order chi connectivity index (χ0) is 15.2. The summed E-state index contributed by atoms with van der Waals surface area (Å²) in [6.45, 7) is 9.90. The third kappa shape index (κ3) is 5.63. The highest BCUT2D eigenvalue weighted by molar-refractivity contribution is 6.17. The zero-order valence-corrected chi connectivity index (χ0v) is 14.4. The minimum Gasteiger partial charge on any atom is -0.356 e. The molecule has 1 saturated carbocycles. The lowest BCUT2D eigenvalue weighted by molar-refractivity contribution is -0.126. The second-order valence-corrected chi connectivity index (χ2v) is 7.79. The van der Waals surface area contributed by atoms with Crippen LogP contribution < -0.4 is 5.32 Å². The summed E-state index contributed by atoms with van der Waals surface area (Å²) in [5.74, 6) is 2.49. The highest BCUT2D eigenvalue weighted by atomic mass is 35.5. The van der Waals surface area contributed by atoms with Crippen molar-refractivity contribution in [3.63, 3.8) is 0 Å². The Bertz CT molecular complexity index is 290. The molecule has 1 aliphatic rings. The van der Waals surface area contributed by atoms with E-state index in [9.17, 15) is 4.79 Å². The predicted octanol–water partition coefficient (Wildman–Crippen LogP) is 4.61. The summed E-state index contributed by atoms with van der Waals surface area (Å²) in [5, 5.41) is 3.14. The molecule has 0 aromatic heterocycles. The summed E-state index contributed by atoms with van der Waals surface area (Å²) in [5.41, 5.74) is 0.384. The number of hydrogen-bond acceptors (Lipinski definition) is 1. The number of rotatable bonds is 6. The van der Waals surface area contributed by atoms with Crippen LogP contribution in [-0.4, -0.2) is 18.3 Å².